The summed E-state index contributed by atoms with van der Waals surface area (Å²) in [6.07, 6.45) is 7.25. The van der Waals surface area contributed by atoms with Crippen LogP contribution in [0.4, 0.5) is 5.69 Å². The van der Waals surface area contributed by atoms with Crippen LogP contribution in [0.2, 0.25) is 0 Å². The van der Waals surface area contributed by atoms with E-state index in [9.17, 15) is 4.79 Å². The standard InChI is InChI=1S/C25H22N2O2S/c1-29-23-16-11-21(12-17-23)13-18-24(28)27-25(30)26-22-14-9-20(10-15-22)8-7-19-5-3-2-4-6-19/h2-18H,1H3,(H2,26,27,28,30)/b8-7+,18-13+. The summed E-state index contributed by atoms with van der Waals surface area (Å²) in [7, 11) is 1.61. The molecule has 0 aromatic heterocycles. The summed E-state index contributed by atoms with van der Waals surface area (Å²) in [4.78, 5) is 12.1. The molecule has 0 saturated heterocycles. The molecule has 150 valence electrons. The topological polar surface area (TPSA) is 50.4 Å². The highest BCUT2D eigenvalue weighted by molar-refractivity contribution is 7.80. The number of hydrogen-bond donors (Lipinski definition) is 2. The largest absolute Gasteiger partial charge is 0.497 e. The molecule has 3 rings (SSSR count). The fourth-order valence-corrected chi connectivity index (χ4v) is 2.86. The van der Waals surface area contributed by atoms with Crippen molar-refractivity contribution in [3.8, 4) is 5.75 Å². The summed E-state index contributed by atoms with van der Waals surface area (Å²) in [6.45, 7) is 0. The van der Waals surface area contributed by atoms with Crippen molar-refractivity contribution in [1.29, 1.82) is 0 Å². The summed E-state index contributed by atoms with van der Waals surface area (Å²) in [5, 5.41) is 5.89. The van der Waals surface area contributed by atoms with Crippen LogP contribution in [0, 0.1) is 0 Å². The average molecular weight is 415 g/mol. The van der Waals surface area contributed by atoms with Crippen molar-refractivity contribution in [1.82, 2.24) is 5.32 Å². The van der Waals surface area contributed by atoms with E-state index in [1.165, 1.54) is 6.08 Å². The molecular formula is C25H22N2O2S. The highest BCUT2D eigenvalue weighted by Crippen LogP contribution is 2.13. The van der Waals surface area contributed by atoms with Gasteiger partial charge in [-0.1, -0.05) is 66.7 Å². The van der Waals surface area contributed by atoms with E-state index in [4.69, 9.17) is 17.0 Å². The third-order valence-electron chi connectivity index (χ3n) is 4.22. The van der Waals surface area contributed by atoms with E-state index in [1.54, 1.807) is 13.2 Å². The average Bonchev–Trinajstić information content (AvgIpc) is 2.78. The van der Waals surface area contributed by atoms with Crippen LogP contribution >= 0.6 is 12.2 Å². The van der Waals surface area contributed by atoms with Crippen molar-refractivity contribution in [3.63, 3.8) is 0 Å². The molecule has 30 heavy (non-hydrogen) atoms. The summed E-state index contributed by atoms with van der Waals surface area (Å²) in [5.74, 6) is 0.467. The number of methoxy groups -OCH3 is 1. The maximum atomic E-state index is 12.1. The Morgan fingerprint density at radius 1 is 0.800 bits per heavy atom. The van der Waals surface area contributed by atoms with E-state index in [0.717, 1.165) is 28.1 Å². The Balaban J connectivity index is 1.49. The van der Waals surface area contributed by atoms with Crippen molar-refractivity contribution in [2.45, 2.75) is 0 Å². The minimum Gasteiger partial charge on any atom is -0.497 e. The van der Waals surface area contributed by atoms with Gasteiger partial charge in [0.1, 0.15) is 5.75 Å². The first kappa shape index (κ1) is 21.0. The van der Waals surface area contributed by atoms with Crippen LogP contribution in [0.15, 0.2) is 84.9 Å². The van der Waals surface area contributed by atoms with Gasteiger partial charge >= 0.3 is 0 Å². The summed E-state index contributed by atoms with van der Waals surface area (Å²) in [5.41, 5.74) is 3.91. The maximum absolute atomic E-state index is 12.1. The Morgan fingerprint density at radius 3 is 2.00 bits per heavy atom. The molecular weight excluding hydrogens is 392 g/mol. The molecule has 3 aromatic carbocycles. The van der Waals surface area contributed by atoms with Crippen LogP contribution in [0.1, 0.15) is 16.7 Å². The Bertz CT molecular complexity index is 1040. The molecule has 0 aliphatic carbocycles. The molecule has 0 saturated carbocycles. The number of thiocarbonyl (C=S) groups is 1. The van der Waals surface area contributed by atoms with Crippen LogP contribution < -0.4 is 15.4 Å². The van der Waals surface area contributed by atoms with Gasteiger partial charge in [0.05, 0.1) is 7.11 Å². The number of carbonyl (C=O) groups is 1. The summed E-state index contributed by atoms with van der Waals surface area (Å²) >= 11 is 5.22. The number of carbonyl (C=O) groups excluding carboxylic acids is 1. The monoisotopic (exact) mass is 414 g/mol. The van der Waals surface area contributed by atoms with Crippen molar-refractivity contribution in [2.24, 2.45) is 0 Å². The molecule has 0 radical (unpaired) electrons. The molecule has 4 nitrogen and oxygen atoms in total. The lowest BCUT2D eigenvalue weighted by atomic mass is 10.1. The minimum absolute atomic E-state index is 0.243. The van der Waals surface area contributed by atoms with E-state index in [1.807, 2.05) is 72.8 Å². The van der Waals surface area contributed by atoms with Crippen LogP contribution in [-0.2, 0) is 4.79 Å². The van der Waals surface area contributed by atoms with Gasteiger partial charge in [-0.3, -0.25) is 10.1 Å². The van der Waals surface area contributed by atoms with Crippen LogP contribution in [0.25, 0.3) is 18.2 Å². The van der Waals surface area contributed by atoms with Gasteiger partial charge in [0, 0.05) is 11.8 Å². The molecule has 0 bridgehead atoms. The number of ether oxygens (including phenoxy) is 1. The lowest BCUT2D eigenvalue weighted by molar-refractivity contribution is -0.115. The van der Waals surface area contributed by atoms with E-state index in [2.05, 4.69) is 28.8 Å². The number of amides is 1. The van der Waals surface area contributed by atoms with E-state index < -0.39 is 0 Å². The molecule has 0 aliphatic rings. The van der Waals surface area contributed by atoms with Gasteiger partial charge in [0.25, 0.3) is 0 Å². The molecule has 0 atom stereocenters. The molecule has 0 aliphatic heterocycles. The molecule has 2 N–H and O–H groups in total. The van der Waals surface area contributed by atoms with Gasteiger partial charge < -0.3 is 10.1 Å². The molecule has 0 heterocycles. The summed E-state index contributed by atoms with van der Waals surface area (Å²) in [6, 6.07) is 25.3. The number of anilines is 1. The third-order valence-corrected chi connectivity index (χ3v) is 4.42. The van der Waals surface area contributed by atoms with Gasteiger partial charge in [-0.25, -0.2) is 0 Å². The normalized spacial score (nSPS) is 10.8. The summed E-state index contributed by atoms with van der Waals surface area (Å²) < 4.78 is 5.11. The Kier molecular flexibility index (Phi) is 7.52. The fourth-order valence-electron chi connectivity index (χ4n) is 2.64. The number of hydrogen-bond acceptors (Lipinski definition) is 3. The van der Waals surface area contributed by atoms with Crippen LogP contribution in [0.5, 0.6) is 5.75 Å². The minimum atomic E-state index is -0.300. The van der Waals surface area contributed by atoms with Gasteiger partial charge in [-0.15, -0.1) is 0 Å². The molecule has 0 fully saturated rings. The fraction of sp³-hybridized carbons (Fsp3) is 0.0400. The number of nitrogens with one attached hydrogen (secondary N) is 2. The third kappa shape index (κ3) is 6.72. The van der Waals surface area contributed by atoms with E-state index >= 15 is 0 Å². The van der Waals surface area contributed by atoms with Crippen molar-refractivity contribution >= 4 is 47.2 Å². The number of benzene rings is 3. The zero-order chi connectivity index (χ0) is 21.2. The Morgan fingerprint density at radius 2 is 1.37 bits per heavy atom. The predicted octanol–water partition coefficient (Wildman–Crippen LogP) is 5.39. The SMILES string of the molecule is COc1ccc(/C=C/C(=O)NC(=S)Nc2ccc(/C=C/c3ccccc3)cc2)cc1. The predicted molar refractivity (Wildman–Crippen MR) is 128 cm³/mol. The zero-order valence-electron chi connectivity index (χ0n) is 16.5. The second-order valence-electron chi connectivity index (χ2n) is 6.42. The van der Waals surface area contributed by atoms with Crippen LogP contribution in [-0.4, -0.2) is 18.1 Å². The van der Waals surface area contributed by atoms with Crippen molar-refractivity contribution < 1.29 is 9.53 Å². The first-order valence-electron chi connectivity index (χ1n) is 9.40. The maximum Gasteiger partial charge on any atom is 0.250 e. The lowest BCUT2D eigenvalue weighted by Gasteiger charge is -2.08. The molecule has 1 amide bonds. The molecule has 0 spiro atoms. The van der Waals surface area contributed by atoms with Crippen LogP contribution in [0.3, 0.4) is 0 Å². The van der Waals surface area contributed by atoms with E-state index in [-0.39, 0.29) is 11.0 Å². The zero-order valence-corrected chi connectivity index (χ0v) is 17.4. The second kappa shape index (κ2) is 10.7. The Labute approximate surface area is 181 Å². The van der Waals surface area contributed by atoms with E-state index in [0.29, 0.717) is 0 Å². The van der Waals surface area contributed by atoms with Gasteiger partial charge in [-0.05, 0) is 59.2 Å². The second-order valence-corrected chi connectivity index (χ2v) is 6.82. The van der Waals surface area contributed by atoms with Gasteiger partial charge in [0.15, 0.2) is 5.11 Å². The molecule has 5 heteroatoms. The quantitative estimate of drug-likeness (QED) is 0.322. The Hall–Kier alpha value is -3.70. The highest BCUT2D eigenvalue weighted by Gasteiger charge is 2.02. The van der Waals surface area contributed by atoms with Gasteiger partial charge in [0.2, 0.25) is 5.91 Å². The molecule has 3 aromatic rings. The first-order valence-corrected chi connectivity index (χ1v) is 9.80. The first-order chi connectivity index (χ1) is 14.6. The van der Waals surface area contributed by atoms with Crippen molar-refractivity contribution in [3.05, 3.63) is 102 Å². The van der Waals surface area contributed by atoms with Crippen molar-refractivity contribution in [2.75, 3.05) is 12.4 Å². The van der Waals surface area contributed by atoms with Gasteiger partial charge in [-0.2, -0.15) is 0 Å². The molecule has 0 unspecified atom stereocenters. The smallest absolute Gasteiger partial charge is 0.250 e. The highest BCUT2D eigenvalue weighted by atomic mass is 32.1. The lowest BCUT2D eigenvalue weighted by Crippen LogP contribution is -2.32. The number of rotatable bonds is 6.